The van der Waals surface area contributed by atoms with Crippen molar-refractivity contribution in [2.75, 3.05) is 38.8 Å². The lowest BCUT2D eigenvalue weighted by Crippen LogP contribution is -2.26. The Hall–Kier alpha value is -0.810. The van der Waals surface area contributed by atoms with Crippen LogP contribution in [0.25, 0.3) is 0 Å². The van der Waals surface area contributed by atoms with Crippen LogP contribution >= 0.6 is 11.6 Å². The van der Waals surface area contributed by atoms with Gasteiger partial charge in [0.25, 0.3) is 0 Å². The summed E-state index contributed by atoms with van der Waals surface area (Å²) in [6.45, 7) is 4.57. The average Bonchev–Trinajstić information content (AvgIpc) is 2.35. The summed E-state index contributed by atoms with van der Waals surface area (Å²) >= 11 is 6.26. The van der Waals surface area contributed by atoms with E-state index < -0.39 is 0 Å². The minimum atomic E-state index is -0.362. The predicted octanol–water partition coefficient (Wildman–Crippen LogP) is 1.89. The molecule has 1 atom stereocenters. The van der Waals surface area contributed by atoms with Gasteiger partial charge in [-0.3, -0.25) is 0 Å². The van der Waals surface area contributed by atoms with Crippen LogP contribution in [0.5, 0.6) is 0 Å². The maximum absolute atomic E-state index is 9.38. The Kier molecular flexibility index (Phi) is 7.16. The fraction of sp³-hybridized carbons (Fsp3) is 0.571. The number of methoxy groups -OCH3 is 1. The monoisotopic (exact) mass is 286 g/mol. The molecule has 0 amide bonds. The molecule has 0 saturated heterocycles. The number of ether oxygens (including phenoxy) is 1. The van der Waals surface area contributed by atoms with Gasteiger partial charge in [-0.15, -0.1) is 0 Å². The summed E-state index contributed by atoms with van der Waals surface area (Å²) in [7, 11) is 3.62. The second-order valence-corrected chi connectivity index (χ2v) is 5.08. The lowest BCUT2D eigenvalue weighted by Gasteiger charge is -2.21. The number of anilines is 1. The second-order valence-electron chi connectivity index (χ2n) is 4.67. The quantitative estimate of drug-likeness (QED) is 0.717. The zero-order valence-corrected chi connectivity index (χ0v) is 12.6. The van der Waals surface area contributed by atoms with E-state index in [2.05, 4.69) is 5.32 Å². The van der Waals surface area contributed by atoms with Gasteiger partial charge in [0, 0.05) is 44.5 Å². The third kappa shape index (κ3) is 5.78. The van der Waals surface area contributed by atoms with Gasteiger partial charge in [0.05, 0.1) is 12.7 Å². The molecule has 1 aromatic carbocycles. The normalized spacial score (nSPS) is 12.5. The predicted molar refractivity (Wildman–Crippen MR) is 80.0 cm³/mol. The molecular formula is C14H23ClN2O2. The van der Waals surface area contributed by atoms with Gasteiger partial charge in [0.1, 0.15) is 0 Å². The molecule has 0 radical (unpaired) electrons. The summed E-state index contributed by atoms with van der Waals surface area (Å²) in [4.78, 5) is 1.98. The van der Waals surface area contributed by atoms with Crippen LogP contribution in [0, 0.1) is 0 Å². The topological polar surface area (TPSA) is 44.7 Å². The highest BCUT2D eigenvalue weighted by atomic mass is 35.5. The highest BCUT2D eigenvalue weighted by Crippen LogP contribution is 2.23. The smallest absolute Gasteiger partial charge is 0.0686 e. The van der Waals surface area contributed by atoms with Gasteiger partial charge >= 0.3 is 0 Å². The third-order valence-corrected chi connectivity index (χ3v) is 3.17. The van der Waals surface area contributed by atoms with E-state index in [0.717, 1.165) is 29.4 Å². The van der Waals surface area contributed by atoms with Gasteiger partial charge in [0.15, 0.2) is 0 Å². The number of hydrogen-bond donors (Lipinski definition) is 2. The number of hydrogen-bond acceptors (Lipinski definition) is 4. The molecule has 0 aliphatic carbocycles. The summed E-state index contributed by atoms with van der Waals surface area (Å²) in [5.41, 5.74) is 2.07. The third-order valence-electron chi connectivity index (χ3n) is 2.81. The Morgan fingerprint density at radius 3 is 2.79 bits per heavy atom. The standard InChI is InChI=1S/C14H23ClN2O2/c1-11(18)10-17(2)13-5-4-12(14(15)8-13)9-16-6-7-19-3/h4-5,8,11,16,18H,6-7,9-10H2,1-3H3. The van der Waals surface area contributed by atoms with Crippen molar-refractivity contribution in [1.82, 2.24) is 5.32 Å². The van der Waals surface area contributed by atoms with Gasteiger partial charge in [-0.1, -0.05) is 17.7 Å². The number of nitrogens with one attached hydrogen (secondary N) is 1. The van der Waals surface area contributed by atoms with Crippen molar-refractivity contribution in [2.24, 2.45) is 0 Å². The summed E-state index contributed by atoms with van der Waals surface area (Å²) in [5.74, 6) is 0. The SMILES string of the molecule is COCCNCc1ccc(N(C)CC(C)O)cc1Cl. The van der Waals surface area contributed by atoms with Crippen molar-refractivity contribution >= 4 is 17.3 Å². The van der Waals surface area contributed by atoms with E-state index in [-0.39, 0.29) is 6.10 Å². The molecular weight excluding hydrogens is 264 g/mol. The number of aliphatic hydroxyl groups is 1. The molecule has 0 heterocycles. The lowest BCUT2D eigenvalue weighted by atomic mass is 10.2. The van der Waals surface area contributed by atoms with E-state index >= 15 is 0 Å². The molecule has 19 heavy (non-hydrogen) atoms. The zero-order valence-electron chi connectivity index (χ0n) is 11.8. The fourth-order valence-electron chi connectivity index (χ4n) is 1.82. The highest BCUT2D eigenvalue weighted by Gasteiger charge is 2.07. The average molecular weight is 287 g/mol. The summed E-state index contributed by atoms with van der Waals surface area (Å²) in [5, 5.41) is 13.4. The number of aliphatic hydroxyl groups excluding tert-OH is 1. The number of likely N-dealkylation sites (N-methyl/N-ethyl adjacent to an activating group) is 1. The molecule has 0 aliphatic rings. The van der Waals surface area contributed by atoms with E-state index in [1.54, 1.807) is 14.0 Å². The number of nitrogens with zero attached hydrogens (tertiary/aromatic N) is 1. The van der Waals surface area contributed by atoms with Crippen LogP contribution in [0.4, 0.5) is 5.69 Å². The van der Waals surface area contributed by atoms with Crippen LogP contribution in [-0.2, 0) is 11.3 Å². The van der Waals surface area contributed by atoms with Crippen LogP contribution in [0.15, 0.2) is 18.2 Å². The molecule has 0 saturated carbocycles. The highest BCUT2D eigenvalue weighted by molar-refractivity contribution is 6.31. The molecule has 1 aromatic rings. The van der Waals surface area contributed by atoms with E-state index in [0.29, 0.717) is 13.2 Å². The van der Waals surface area contributed by atoms with E-state index in [1.165, 1.54) is 0 Å². The molecule has 0 aromatic heterocycles. The molecule has 5 heteroatoms. The Labute approximate surface area is 120 Å². The minimum absolute atomic E-state index is 0.362. The van der Waals surface area contributed by atoms with Gasteiger partial charge in [-0.05, 0) is 24.6 Å². The first-order valence-corrected chi connectivity index (χ1v) is 6.79. The second kappa shape index (κ2) is 8.38. The minimum Gasteiger partial charge on any atom is -0.392 e. The first-order valence-electron chi connectivity index (χ1n) is 6.42. The van der Waals surface area contributed by atoms with E-state index in [4.69, 9.17) is 16.3 Å². The number of halogens is 1. The molecule has 108 valence electrons. The fourth-order valence-corrected chi connectivity index (χ4v) is 2.06. The number of rotatable bonds is 8. The Morgan fingerprint density at radius 2 is 2.21 bits per heavy atom. The van der Waals surface area contributed by atoms with Crippen LogP contribution in [0.1, 0.15) is 12.5 Å². The summed E-state index contributed by atoms with van der Waals surface area (Å²) in [6.07, 6.45) is -0.362. The van der Waals surface area contributed by atoms with Crippen molar-refractivity contribution in [3.8, 4) is 0 Å². The van der Waals surface area contributed by atoms with Crippen molar-refractivity contribution in [1.29, 1.82) is 0 Å². The van der Waals surface area contributed by atoms with Crippen molar-refractivity contribution in [2.45, 2.75) is 19.6 Å². The van der Waals surface area contributed by atoms with Crippen molar-refractivity contribution in [3.05, 3.63) is 28.8 Å². The maximum atomic E-state index is 9.38. The molecule has 4 nitrogen and oxygen atoms in total. The Balaban J connectivity index is 2.58. The zero-order chi connectivity index (χ0) is 14.3. The van der Waals surface area contributed by atoms with Crippen LogP contribution in [0.2, 0.25) is 5.02 Å². The van der Waals surface area contributed by atoms with Gasteiger partial charge in [0.2, 0.25) is 0 Å². The maximum Gasteiger partial charge on any atom is 0.0686 e. The van der Waals surface area contributed by atoms with Crippen LogP contribution in [0.3, 0.4) is 0 Å². The molecule has 0 spiro atoms. The molecule has 0 fully saturated rings. The van der Waals surface area contributed by atoms with Gasteiger partial charge in [-0.2, -0.15) is 0 Å². The Morgan fingerprint density at radius 1 is 1.47 bits per heavy atom. The molecule has 0 bridgehead atoms. The van der Waals surface area contributed by atoms with Crippen LogP contribution in [-0.4, -0.2) is 45.1 Å². The molecule has 1 unspecified atom stereocenters. The van der Waals surface area contributed by atoms with Gasteiger partial charge in [-0.25, -0.2) is 0 Å². The van der Waals surface area contributed by atoms with Gasteiger partial charge < -0.3 is 20.1 Å². The van der Waals surface area contributed by atoms with Crippen molar-refractivity contribution < 1.29 is 9.84 Å². The van der Waals surface area contributed by atoms with Crippen molar-refractivity contribution in [3.63, 3.8) is 0 Å². The first kappa shape index (κ1) is 16.2. The van der Waals surface area contributed by atoms with E-state index in [9.17, 15) is 5.11 Å². The first-order chi connectivity index (χ1) is 9.04. The molecule has 1 rings (SSSR count). The Bertz CT molecular complexity index is 386. The van der Waals surface area contributed by atoms with E-state index in [1.807, 2.05) is 30.1 Å². The number of benzene rings is 1. The molecule has 2 N–H and O–H groups in total. The van der Waals surface area contributed by atoms with Crippen LogP contribution < -0.4 is 10.2 Å². The molecule has 0 aliphatic heterocycles. The summed E-state index contributed by atoms with van der Waals surface area (Å²) in [6, 6.07) is 5.95. The lowest BCUT2D eigenvalue weighted by molar-refractivity contribution is 0.199. The largest absolute Gasteiger partial charge is 0.392 e. The summed E-state index contributed by atoms with van der Waals surface area (Å²) < 4.78 is 4.97.